The number of carbonyl (C=O) groups is 1. The van der Waals surface area contributed by atoms with Gasteiger partial charge in [-0.2, -0.15) is 0 Å². The lowest BCUT2D eigenvalue weighted by molar-refractivity contribution is -0.117. The molecule has 1 amide bonds. The Morgan fingerprint density at radius 3 is 2.59 bits per heavy atom. The van der Waals surface area contributed by atoms with Gasteiger partial charge in [-0.05, 0) is 17.0 Å². The summed E-state index contributed by atoms with van der Waals surface area (Å²) in [6.07, 6.45) is 0. The van der Waals surface area contributed by atoms with Crippen molar-refractivity contribution in [3.05, 3.63) is 58.3 Å². The fourth-order valence-corrected chi connectivity index (χ4v) is 2.51. The first-order valence-corrected chi connectivity index (χ1v) is 6.25. The topological polar surface area (TPSA) is 55.1 Å². The van der Waals surface area contributed by atoms with Crippen molar-refractivity contribution in [1.82, 2.24) is 5.32 Å². The fourth-order valence-electron chi connectivity index (χ4n) is 1.69. The highest BCUT2D eigenvalue weighted by Crippen LogP contribution is 2.25. The quantitative estimate of drug-likeness (QED) is 0.846. The number of nitrogens with two attached hydrogens (primary N) is 1. The second-order valence-corrected chi connectivity index (χ2v) is 4.69. The van der Waals surface area contributed by atoms with Crippen LogP contribution in [0.1, 0.15) is 16.5 Å². The first-order valence-electron chi connectivity index (χ1n) is 5.37. The zero-order valence-corrected chi connectivity index (χ0v) is 10.1. The summed E-state index contributed by atoms with van der Waals surface area (Å²) >= 11 is 1.66. The molecule has 3 N–H and O–H groups in total. The van der Waals surface area contributed by atoms with Crippen molar-refractivity contribution >= 4 is 17.2 Å². The van der Waals surface area contributed by atoms with Crippen LogP contribution in [0.25, 0.3) is 0 Å². The van der Waals surface area contributed by atoms with Gasteiger partial charge in [0, 0.05) is 4.88 Å². The number of carbonyl (C=O) groups excluding carboxylic acids is 1. The van der Waals surface area contributed by atoms with Crippen LogP contribution in [0.4, 0.5) is 0 Å². The molecule has 0 aliphatic heterocycles. The molecule has 2 rings (SSSR count). The van der Waals surface area contributed by atoms with Crippen LogP contribution < -0.4 is 11.1 Å². The van der Waals surface area contributed by atoms with Gasteiger partial charge < -0.3 is 5.73 Å². The van der Waals surface area contributed by atoms with Crippen molar-refractivity contribution in [3.8, 4) is 0 Å². The SMILES string of the molecule is NC(=O)CN[C@H](c1ccccc1)c1cccs1. The minimum Gasteiger partial charge on any atom is -0.369 e. The van der Waals surface area contributed by atoms with Gasteiger partial charge in [0.2, 0.25) is 5.91 Å². The number of hydrogen-bond acceptors (Lipinski definition) is 3. The highest BCUT2D eigenvalue weighted by molar-refractivity contribution is 7.10. The maximum atomic E-state index is 10.9. The van der Waals surface area contributed by atoms with E-state index in [0.29, 0.717) is 0 Å². The summed E-state index contributed by atoms with van der Waals surface area (Å²) in [5.74, 6) is -0.345. The van der Waals surface area contributed by atoms with Crippen LogP contribution in [0.2, 0.25) is 0 Å². The Kier molecular flexibility index (Phi) is 3.90. The predicted molar refractivity (Wildman–Crippen MR) is 69.8 cm³/mol. The highest BCUT2D eigenvalue weighted by Gasteiger charge is 2.14. The van der Waals surface area contributed by atoms with Crippen LogP contribution in [0, 0.1) is 0 Å². The van der Waals surface area contributed by atoms with Gasteiger partial charge in [-0.1, -0.05) is 36.4 Å². The Labute approximate surface area is 104 Å². The molecule has 0 aliphatic carbocycles. The van der Waals surface area contributed by atoms with Gasteiger partial charge in [0.25, 0.3) is 0 Å². The molecule has 0 spiro atoms. The third-order valence-electron chi connectivity index (χ3n) is 2.44. The second kappa shape index (κ2) is 5.61. The van der Waals surface area contributed by atoms with E-state index in [9.17, 15) is 4.79 Å². The molecular weight excluding hydrogens is 232 g/mol. The van der Waals surface area contributed by atoms with Crippen molar-refractivity contribution < 1.29 is 4.79 Å². The molecule has 0 saturated carbocycles. The zero-order valence-electron chi connectivity index (χ0n) is 9.30. The van der Waals surface area contributed by atoms with Gasteiger partial charge in [-0.15, -0.1) is 11.3 Å². The Hall–Kier alpha value is -1.65. The summed E-state index contributed by atoms with van der Waals surface area (Å²) in [5.41, 5.74) is 6.31. The minimum atomic E-state index is -0.345. The maximum Gasteiger partial charge on any atom is 0.231 e. The Balaban J connectivity index is 2.22. The van der Waals surface area contributed by atoms with Crippen LogP contribution in [-0.4, -0.2) is 12.5 Å². The average Bonchev–Trinajstić information content (AvgIpc) is 2.84. The largest absolute Gasteiger partial charge is 0.369 e. The van der Waals surface area contributed by atoms with E-state index >= 15 is 0 Å². The van der Waals surface area contributed by atoms with E-state index in [0.717, 1.165) is 5.56 Å². The summed E-state index contributed by atoms with van der Waals surface area (Å²) in [6, 6.07) is 14.1. The Morgan fingerprint density at radius 1 is 1.24 bits per heavy atom. The average molecular weight is 246 g/mol. The molecule has 1 aromatic carbocycles. The predicted octanol–water partition coefficient (Wildman–Crippen LogP) is 1.91. The molecule has 0 bridgehead atoms. The molecule has 3 nitrogen and oxygen atoms in total. The number of nitrogens with one attached hydrogen (secondary N) is 1. The lowest BCUT2D eigenvalue weighted by atomic mass is 10.1. The molecular formula is C13H14N2OS. The number of amides is 1. The van der Waals surface area contributed by atoms with Gasteiger partial charge in [0.15, 0.2) is 0 Å². The molecule has 88 valence electrons. The summed E-state index contributed by atoms with van der Waals surface area (Å²) < 4.78 is 0. The van der Waals surface area contributed by atoms with Gasteiger partial charge in [0.1, 0.15) is 0 Å². The smallest absolute Gasteiger partial charge is 0.231 e. The summed E-state index contributed by atoms with van der Waals surface area (Å²) in [5, 5.41) is 5.20. The van der Waals surface area contributed by atoms with Gasteiger partial charge in [-0.3, -0.25) is 10.1 Å². The number of primary amides is 1. The van der Waals surface area contributed by atoms with E-state index in [2.05, 4.69) is 11.4 Å². The third kappa shape index (κ3) is 3.15. The van der Waals surface area contributed by atoms with Gasteiger partial charge in [-0.25, -0.2) is 0 Å². The van der Waals surface area contributed by atoms with Crippen molar-refractivity contribution in [3.63, 3.8) is 0 Å². The van der Waals surface area contributed by atoms with Crippen molar-refractivity contribution in [2.75, 3.05) is 6.54 Å². The van der Waals surface area contributed by atoms with E-state index in [1.54, 1.807) is 11.3 Å². The Bertz CT molecular complexity index is 467. The normalized spacial score (nSPS) is 12.2. The molecule has 0 fully saturated rings. The molecule has 0 unspecified atom stereocenters. The minimum absolute atomic E-state index is 0.0312. The Morgan fingerprint density at radius 2 is 2.00 bits per heavy atom. The first kappa shape index (κ1) is 11.8. The monoisotopic (exact) mass is 246 g/mol. The lowest BCUT2D eigenvalue weighted by Gasteiger charge is -2.16. The molecule has 4 heteroatoms. The number of hydrogen-bond donors (Lipinski definition) is 2. The maximum absolute atomic E-state index is 10.9. The standard InChI is InChI=1S/C13H14N2OS/c14-12(16)9-15-13(11-7-4-8-17-11)10-5-2-1-3-6-10/h1-8,13,15H,9H2,(H2,14,16)/t13-/m1/s1. The molecule has 1 aromatic heterocycles. The van der Waals surface area contributed by atoms with E-state index in [1.165, 1.54) is 4.88 Å². The zero-order chi connectivity index (χ0) is 12.1. The van der Waals surface area contributed by atoms with Crippen molar-refractivity contribution in [2.24, 2.45) is 5.73 Å². The number of benzene rings is 1. The number of rotatable bonds is 5. The van der Waals surface area contributed by atoms with Crippen LogP contribution in [0.3, 0.4) is 0 Å². The van der Waals surface area contributed by atoms with Crippen LogP contribution in [-0.2, 0) is 4.79 Å². The first-order chi connectivity index (χ1) is 8.27. The van der Waals surface area contributed by atoms with E-state index in [1.807, 2.05) is 41.8 Å². The van der Waals surface area contributed by atoms with E-state index in [-0.39, 0.29) is 18.5 Å². The van der Waals surface area contributed by atoms with Gasteiger partial charge in [0.05, 0.1) is 12.6 Å². The van der Waals surface area contributed by atoms with Crippen LogP contribution in [0.15, 0.2) is 47.8 Å². The molecule has 0 saturated heterocycles. The highest BCUT2D eigenvalue weighted by atomic mass is 32.1. The summed E-state index contributed by atoms with van der Waals surface area (Å²) in [7, 11) is 0. The van der Waals surface area contributed by atoms with Crippen molar-refractivity contribution in [1.29, 1.82) is 0 Å². The molecule has 1 heterocycles. The molecule has 2 aromatic rings. The lowest BCUT2D eigenvalue weighted by Crippen LogP contribution is -2.31. The molecule has 1 atom stereocenters. The molecule has 0 radical (unpaired) electrons. The molecule has 17 heavy (non-hydrogen) atoms. The number of thiophene rings is 1. The molecule has 0 aliphatic rings. The van der Waals surface area contributed by atoms with Crippen molar-refractivity contribution in [2.45, 2.75) is 6.04 Å². The summed E-state index contributed by atoms with van der Waals surface area (Å²) in [4.78, 5) is 12.0. The van der Waals surface area contributed by atoms with E-state index in [4.69, 9.17) is 5.73 Å². The van der Waals surface area contributed by atoms with E-state index < -0.39 is 0 Å². The van der Waals surface area contributed by atoms with Crippen LogP contribution >= 0.6 is 11.3 Å². The van der Waals surface area contributed by atoms with Crippen LogP contribution in [0.5, 0.6) is 0 Å². The third-order valence-corrected chi connectivity index (χ3v) is 3.38. The fraction of sp³-hybridized carbons (Fsp3) is 0.154. The van der Waals surface area contributed by atoms with Gasteiger partial charge >= 0.3 is 0 Å². The second-order valence-electron chi connectivity index (χ2n) is 3.71. The summed E-state index contributed by atoms with van der Waals surface area (Å²) in [6.45, 7) is 0.178.